The van der Waals surface area contributed by atoms with Crippen LogP contribution in [-0.4, -0.2) is 24.5 Å². The molecule has 0 bridgehead atoms. The molecule has 0 saturated heterocycles. The molecule has 1 heterocycles. The topological polar surface area (TPSA) is 76.7 Å². The number of carbonyl (C=O) groups excluding carboxylic acids is 2. The molecule has 0 unspecified atom stereocenters. The lowest BCUT2D eigenvalue weighted by atomic mass is 10.1. The van der Waals surface area contributed by atoms with Crippen molar-refractivity contribution in [1.29, 1.82) is 0 Å². The molecule has 2 aromatic rings. The molecular weight excluding hydrogens is 308 g/mol. The Kier molecular flexibility index (Phi) is 4.37. The first-order valence-electron chi connectivity index (χ1n) is 7.60. The monoisotopic (exact) mass is 326 g/mol. The van der Waals surface area contributed by atoms with Gasteiger partial charge in [0.25, 0.3) is 11.8 Å². The zero-order chi connectivity index (χ0) is 17.1. The predicted molar refractivity (Wildman–Crippen MR) is 87.9 cm³/mol. The molecule has 1 aliphatic heterocycles. The lowest BCUT2D eigenvalue weighted by Gasteiger charge is -2.25. The van der Waals surface area contributed by atoms with Gasteiger partial charge < -0.3 is 9.47 Å². The summed E-state index contributed by atoms with van der Waals surface area (Å²) in [5.74, 6) is 0.246. The fourth-order valence-corrected chi connectivity index (χ4v) is 2.30. The van der Waals surface area contributed by atoms with Gasteiger partial charge in [-0.25, -0.2) is 0 Å². The van der Waals surface area contributed by atoms with Crippen LogP contribution in [0.25, 0.3) is 0 Å². The standard InChI is InChI=1S/C18H18N2O4/c1-11-7-8-13(9-12(11)2)17(21)19-20-18(22)16-10-23-14-5-3-4-6-15(14)24-16/h3-9,16H,10H2,1-2H3,(H,19,21)(H,20,22)/t16-/m1/s1. The summed E-state index contributed by atoms with van der Waals surface area (Å²) in [5, 5.41) is 0. The first-order valence-corrected chi connectivity index (χ1v) is 7.60. The predicted octanol–water partition coefficient (Wildman–Crippen LogP) is 1.90. The highest BCUT2D eigenvalue weighted by Crippen LogP contribution is 2.30. The Labute approximate surface area is 139 Å². The molecule has 1 atom stereocenters. The second-order valence-corrected chi connectivity index (χ2v) is 5.61. The highest BCUT2D eigenvalue weighted by Gasteiger charge is 2.27. The lowest BCUT2D eigenvalue weighted by Crippen LogP contribution is -2.50. The number of carbonyl (C=O) groups is 2. The van der Waals surface area contributed by atoms with E-state index in [0.717, 1.165) is 11.1 Å². The van der Waals surface area contributed by atoms with Gasteiger partial charge in [0.05, 0.1) is 0 Å². The summed E-state index contributed by atoms with van der Waals surface area (Å²) in [6.07, 6.45) is -0.819. The number of benzene rings is 2. The summed E-state index contributed by atoms with van der Waals surface area (Å²) in [4.78, 5) is 24.2. The quantitative estimate of drug-likeness (QED) is 0.827. The van der Waals surface area contributed by atoms with Crippen molar-refractivity contribution < 1.29 is 19.1 Å². The van der Waals surface area contributed by atoms with E-state index in [-0.39, 0.29) is 12.5 Å². The largest absolute Gasteiger partial charge is 0.485 e. The summed E-state index contributed by atoms with van der Waals surface area (Å²) in [5.41, 5.74) is 7.35. The van der Waals surface area contributed by atoms with E-state index in [2.05, 4.69) is 10.9 Å². The van der Waals surface area contributed by atoms with Gasteiger partial charge in [-0.15, -0.1) is 0 Å². The minimum Gasteiger partial charge on any atom is -0.485 e. The SMILES string of the molecule is Cc1ccc(C(=O)NNC(=O)[C@H]2COc3ccccc3O2)cc1C. The van der Waals surface area contributed by atoms with E-state index < -0.39 is 12.0 Å². The normalized spacial score (nSPS) is 15.5. The van der Waals surface area contributed by atoms with Crippen molar-refractivity contribution in [3.63, 3.8) is 0 Å². The van der Waals surface area contributed by atoms with Gasteiger partial charge in [0.15, 0.2) is 11.5 Å². The number of ether oxygens (including phenoxy) is 2. The van der Waals surface area contributed by atoms with E-state index in [4.69, 9.17) is 9.47 Å². The third-order valence-electron chi connectivity index (χ3n) is 3.87. The molecule has 0 aromatic heterocycles. The second-order valence-electron chi connectivity index (χ2n) is 5.61. The van der Waals surface area contributed by atoms with Gasteiger partial charge in [-0.1, -0.05) is 18.2 Å². The van der Waals surface area contributed by atoms with Gasteiger partial charge in [0.2, 0.25) is 6.10 Å². The summed E-state index contributed by atoms with van der Waals surface area (Å²) < 4.78 is 11.1. The Morgan fingerprint density at radius 1 is 1.00 bits per heavy atom. The number of fused-ring (bicyclic) bond motifs is 1. The first-order chi connectivity index (χ1) is 11.5. The summed E-state index contributed by atoms with van der Waals surface area (Å²) in [6, 6.07) is 12.5. The minimum absolute atomic E-state index is 0.0857. The van der Waals surface area contributed by atoms with Crippen molar-refractivity contribution in [2.75, 3.05) is 6.61 Å². The molecule has 0 radical (unpaired) electrons. The Bertz CT molecular complexity index is 788. The van der Waals surface area contributed by atoms with Crippen LogP contribution >= 0.6 is 0 Å². The van der Waals surface area contributed by atoms with E-state index in [0.29, 0.717) is 17.1 Å². The molecular formula is C18H18N2O4. The second kappa shape index (κ2) is 6.62. The van der Waals surface area contributed by atoms with Crippen molar-refractivity contribution >= 4 is 11.8 Å². The Morgan fingerprint density at radius 3 is 2.50 bits per heavy atom. The van der Waals surface area contributed by atoms with Crippen molar-refractivity contribution in [1.82, 2.24) is 10.9 Å². The van der Waals surface area contributed by atoms with E-state index >= 15 is 0 Å². The minimum atomic E-state index is -0.819. The highest BCUT2D eigenvalue weighted by molar-refractivity contribution is 5.96. The van der Waals surface area contributed by atoms with E-state index in [1.807, 2.05) is 26.0 Å². The zero-order valence-electron chi connectivity index (χ0n) is 13.5. The summed E-state index contributed by atoms with van der Waals surface area (Å²) >= 11 is 0. The maximum atomic E-state index is 12.1. The molecule has 6 heteroatoms. The average Bonchev–Trinajstić information content (AvgIpc) is 2.61. The first kappa shape index (κ1) is 15.9. The molecule has 124 valence electrons. The van der Waals surface area contributed by atoms with Gasteiger partial charge in [-0.05, 0) is 49.2 Å². The van der Waals surface area contributed by atoms with Crippen LogP contribution in [0.2, 0.25) is 0 Å². The Hall–Kier alpha value is -3.02. The molecule has 0 fully saturated rings. The van der Waals surface area contributed by atoms with Crippen LogP contribution in [0.15, 0.2) is 42.5 Å². The molecule has 2 amide bonds. The fraction of sp³-hybridized carbons (Fsp3) is 0.222. The van der Waals surface area contributed by atoms with Gasteiger partial charge in [0.1, 0.15) is 6.61 Å². The number of hydrogen-bond acceptors (Lipinski definition) is 4. The lowest BCUT2D eigenvalue weighted by molar-refractivity contribution is -0.131. The molecule has 1 aliphatic rings. The summed E-state index contributed by atoms with van der Waals surface area (Å²) in [7, 11) is 0. The van der Waals surface area contributed by atoms with Crippen LogP contribution in [0.3, 0.4) is 0 Å². The van der Waals surface area contributed by atoms with Crippen molar-refractivity contribution in [3.8, 4) is 11.5 Å². The number of nitrogens with one attached hydrogen (secondary N) is 2. The molecule has 2 aromatic carbocycles. The molecule has 3 rings (SSSR count). The van der Waals surface area contributed by atoms with Crippen molar-refractivity contribution in [2.45, 2.75) is 20.0 Å². The number of aryl methyl sites for hydroxylation is 2. The van der Waals surface area contributed by atoms with Gasteiger partial charge in [-0.3, -0.25) is 20.4 Å². The van der Waals surface area contributed by atoms with E-state index in [1.54, 1.807) is 30.3 Å². The molecule has 24 heavy (non-hydrogen) atoms. The third kappa shape index (κ3) is 3.32. The molecule has 2 N–H and O–H groups in total. The maximum Gasteiger partial charge on any atom is 0.283 e. The van der Waals surface area contributed by atoms with Crippen molar-refractivity contribution in [3.05, 3.63) is 59.2 Å². The molecule has 6 nitrogen and oxygen atoms in total. The number of rotatable bonds is 2. The number of hydrogen-bond donors (Lipinski definition) is 2. The van der Waals surface area contributed by atoms with Crippen LogP contribution in [-0.2, 0) is 4.79 Å². The van der Waals surface area contributed by atoms with Crippen LogP contribution < -0.4 is 20.3 Å². The third-order valence-corrected chi connectivity index (χ3v) is 3.87. The molecule has 0 saturated carbocycles. The number of para-hydroxylation sites is 2. The van der Waals surface area contributed by atoms with Crippen LogP contribution in [0.1, 0.15) is 21.5 Å². The van der Waals surface area contributed by atoms with Crippen LogP contribution in [0, 0.1) is 13.8 Å². The fourth-order valence-electron chi connectivity index (χ4n) is 2.30. The van der Waals surface area contributed by atoms with E-state index in [1.165, 1.54) is 0 Å². The highest BCUT2D eigenvalue weighted by atomic mass is 16.6. The van der Waals surface area contributed by atoms with Gasteiger partial charge in [0, 0.05) is 5.56 Å². The van der Waals surface area contributed by atoms with Crippen LogP contribution in [0.4, 0.5) is 0 Å². The molecule has 0 spiro atoms. The number of hydrazine groups is 1. The Morgan fingerprint density at radius 2 is 1.75 bits per heavy atom. The van der Waals surface area contributed by atoms with Crippen LogP contribution in [0.5, 0.6) is 11.5 Å². The molecule has 0 aliphatic carbocycles. The van der Waals surface area contributed by atoms with E-state index in [9.17, 15) is 9.59 Å². The van der Waals surface area contributed by atoms with Crippen molar-refractivity contribution in [2.24, 2.45) is 0 Å². The maximum absolute atomic E-state index is 12.1. The van der Waals surface area contributed by atoms with Gasteiger partial charge >= 0.3 is 0 Å². The average molecular weight is 326 g/mol. The smallest absolute Gasteiger partial charge is 0.283 e. The Balaban J connectivity index is 1.58. The number of amides is 2. The summed E-state index contributed by atoms with van der Waals surface area (Å²) in [6.45, 7) is 3.98. The zero-order valence-corrected chi connectivity index (χ0v) is 13.5. The van der Waals surface area contributed by atoms with Gasteiger partial charge in [-0.2, -0.15) is 0 Å².